The van der Waals surface area contributed by atoms with Crippen LogP contribution in [-0.4, -0.2) is 26.2 Å². The van der Waals surface area contributed by atoms with Crippen LogP contribution in [0.15, 0.2) is 22.7 Å². The Morgan fingerprint density at radius 3 is 2.88 bits per heavy atom. The van der Waals surface area contributed by atoms with E-state index in [1.807, 2.05) is 0 Å². The first-order valence-corrected chi connectivity index (χ1v) is 7.17. The van der Waals surface area contributed by atoms with Crippen molar-refractivity contribution in [3.63, 3.8) is 0 Å². The van der Waals surface area contributed by atoms with E-state index in [2.05, 4.69) is 58.3 Å². The smallest absolute Gasteiger partial charge is 0.0375 e. The van der Waals surface area contributed by atoms with Gasteiger partial charge in [-0.2, -0.15) is 0 Å². The molecule has 0 aliphatic carbocycles. The monoisotopic (exact) mass is 296 g/mol. The van der Waals surface area contributed by atoms with Crippen molar-refractivity contribution in [2.75, 3.05) is 25.0 Å². The van der Waals surface area contributed by atoms with Gasteiger partial charge in [-0.1, -0.05) is 28.4 Å². The quantitative estimate of drug-likeness (QED) is 0.920. The molecule has 0 spiro atoms. The number of piperidine rings is 1. The fraction of sp³-hybridized carbons (Fsp3) is 0.571. The Morgan fingerprint density at radius 2 is 2.24 bits per heavy atom. The zero-order chi connectivity index (χ0) is 12.3. The summed E-state index contributed by atoms with van der Waals surface area (Å²) in [6.07, 6.45) is 4.00. The second kappa shape index (κ2) is 5.87. The number of benzene rings is 1. The Morgan fingerprint density at radius 1 is 1.41 bits per heavy atom. The Hall–Kier alpha value is -0.540. The lowest BCUT2D eigenvalue weighted by Gasteiger charge is -2.29. The number of rotatable bonds is 3. The van der Waals surface area contributed by atoms with Gasteiger partial charge in [0, 0.05) is 29.8 Å². The molecular weight excluding hydrogens is 276 g/mol. The molecule has 1 aromatic rings. The molecule has 2 rings (SSSR count). The highest BCUT2D eigenvalue weighted by Crippen LogP contribution is 2.23. The molecule has 1 saturated heterocycles. The maximum Gasteiger partial charge on any atom is 0.0375 e. The molecule has 1 N–H and O–H groups in total. The predicted octanol–water partition coefficient (Wildman–Crippen LogP) is 3.34. The largest absolute Gasteiger partial charge is 0.373 e. The fourth-order valence-electron chi connectivity index (χ4n) is 2.34. The van der Waals surface area contributed by atoms with Crippen molar-refractivity contribution in [1.82, 2.24) is 5.32 Å². The average Bonchev–Trinajstić information content (AvgIpc) is 2.34. The number of hydrogen-bond acceptors (Lipinski definition) is 2. The van der Waals surface area contributed by atoms with Crippen LogP contribution in [0.5, 0.6) is 0 Å². The van der Waals surface area contributed by atoms with Gasteiger partial charge in [0.1, 0.15) is 0 Å². The Balaban J connectivity index is 1.98. The van der Waals surface area contributed by atoms with E-state index in [0.717, 1.165) is 6.54 Å². The average molecular weight is 297 g/mol. The highest BCUT2D eigenvalue weighted by atomic mass is 79.9. The van der Waals surface area contributed by atoms with Crippen LogP contribution in [0.4, 0.5) is 5.69 Å². The molecule has 2 nitrogen and oxygen atoms in total. The Labute approximate surface area is 113 Å². The highest BCUT2D eigenvalue weighted by molar-refractivity contribution is 9.10. The minimum atomic E-state index is 0.647. The van der Waals surface area contributed by atoms with Gasteiger partial charge in [0.25, 0.3) is 0 Å². The lowest BCUT2D eigenvalue weighted by molar-refractivity contribution is 0.403. The molecule has 1 aromatic carbocycles. The van der Waals surface area contributed by atoms with Crippen LogP contribution in [0, 0.1) is 6.92 Å². The molecule has 1 fully saturated rings. The van der Waals surface area contributed by atoms with Gasteiger partial charge in [0.2, 0.25) is 0 Å². The summed E-state index contributed by atoms with van der Waals surface area (Å²) < 4.78 is 1.19. The minimum absolute atomic E-state index is 0.647. The molecule has 0 bridgehead atoms. The number of anilines is 1. The van der Waals surface area contributed by atoms with Crippen molar-refractivity contribution in [3.05, 3.63) is 28.2 Å². The van der Waals surface area contributed by atoms with E-state index in [9.17, 15) is 0 Å². The maximum absolute atomic E-state index is 3.60. The number of halogens is 1. The summed E-state index contributed by atoms with van der Waals surface area (Å²) in [5.41, 5.74) is 2.58. The van der Waals surface area contributed by atoms with E-state index in [-0.39, 0.29) is 0 Å². The van der Waals surface area contributed by atoms with Crippen molar-refractivity contribution in [2.45, 2.75) is 32.2 Å². The molecule has 94 valence electrons. The van der Waals surface area contributed by atoms with Gasteiger partial charge in [-0.3, -0.25) is 0 Å². The second-order valence-electron chi connectivity index (χ2n) is 4.96. The van der Waals surface area contributed by atoms with E-state index in [1.54, 1.807) is 0 Å². The summed E-state index contributed by atoms with van der Waals surface area (Å²) >= 11 is 3.60. The van der Waals surface area contributed by atoms with Crippen LogP contribution in [-0.2, 0) is 0 Å². The molecular formula is C14H21BrN2. The normalized spacial score (nSPS) is 20.3. The van der Waals surface area contributed by atoms with Crippen molar-refractivity contribution < 1.29 is 0 Å². The van der Waals surface area contributed by atoms with Gasteiger partial charge >= 0.3 is 0 Å². The van der Waals surface area contributed by atoms with Crippen molar-refractivity contribution in [3.8, 4) is 0 Å². The molecule has 1 aliphatic heterocycles. The Kier molecular flexibility index (Phi) is 4.46. The number of likely N-dealkylation sites (N-methyl/N-ethyl adjacent to an activating group) is 1. The summed E-state index contributed by atoms with van der Waals surface area (Å²) in [6, 6.07) is 7.22. The van der Waals surface area contributed by atoms with E-state index >= 15 is 0 Å². The first kappa shape index (κ1) is 12.9. The van der Waals surface area contributed by atoms with Crippen LogP contribution in [0.1, 0.15) is 24.8 Å². The van der Waals surface area contributed by atoms with Crippen LogP contribution in [0.25, 0.3) is 0 Å². The zero-order valence-electron chi connectivity index (χ0n) is 10.7. The maximum atomic E-state index is 3.60. The van der Waals surface area contributed by atoms with E-state index in [4.69, 9.17) is 0 Å². The van der Waals surface area contributed by atoms with Gasteiger partial charge < -0.3 is 10.2 Å². The molecule has 17 heavy (non-hydrogen) atoms. The molecule has 0 saturated carbocycles. The Bertz CT molecular complexity index is 372. The van der Waals surface area contributed by atoms with Crippen molar-refractivity contribution in [2.24, 2.45) is 0 Å². The summed E-state index contributed by atoms with van der Waals surface area (Å²) in [4.78, 5) is 2.34. The lowest BCUT2D eigenvalue weighted by Crippen LogP contribution is -2.42. The van der Waals surface area contributed by atoms with Gasteiger partial charge in [0.05, 0.1) is 0 Å². The predicted molar refractivity (Wildman–Crippen MR) is 77.8 cm³/mol. The molecule has 3 heteroatoms. The van der Waals surface area contributed by atoms with Crippen LogP contribution in [0.2, 0.25) is 0 Å². The molecule has 1 aliphatic rings. The second-order valence-corrected chi connectivity index (χ2v) is 5.82. The zero-order valence-corrected chi connectivity index (χ0v) is 12.3. The molecule has 0 amide bonds. The van der Waals surface area contributed by atoms with Gasteiger partial charge in [-0.15, -0.1) is 0 Å². The first-order valence-electron chi connectivity index (χ1n) is 6.37. The number of aryl methyl sites for hydroxylation is 1. The van der Waals surface area contributed by atoms with Crippen LogP contribution in [0.3, 0.4) is 0 Å². The van der Waals surface area contributed by atoms with Gasteiger partial charge in [0.15, 0.2) is 0 Å². The van der Waals surface area contributed by atoms with Crippen molar-refractivity contribution >= 4 is 21.6 Å². The molecule has 1 atom stereocenters. The molecule has 0 radical (unpaired) electrons. The van der Waals surface area contributed by atoms with Gasteiger partial charge in [-0.25, -0.2) is 0 Å². The van der Waals surface area contributed by atoms with Crippen molar-refractivity contribution in [1.29, 1.82) is 0 Å². The van der Waals surface area contributed by atoms with Gasteiger partial charge in [-0.05, 0) is 44.0 Å². The molecule has 1 unspecified atom stereocenters. The van der Waals surface area contributed by atoms with E-state index in [0.29, 0.717) is 6.04 Å². The summed E-state index contributed by atoms with van der Waals surface area (Å²) in [5, 5.41) is 3.59. The van der Waals surface area contributed by atoms with Crippen LogP contribution >= 0.6 is 15.9 Å². The standard InChI is InChI=1S/C14H21BrN2/c1-11-6-7-13(9-14(11)15)17(2)10-12-5-3-4-8-16-12/h6-7,9,12,16H,3-5,8,10H2,1-2H3. The lowest BCUT2D eigenvalue weighted by atomic mass is 10.0. The fourth-order valence-corrected chi connectivity index (χ4v) is 2.70. The van der Waals surface area contributed by atoms with E-state index < -0.39 is 0 Å². The topological polar surface area (TPSA) is 15.3 Å². The third kappa shape index (κ3) is 3.46. The highest BCUT2D eigenvalue weighted by Gasteiger charge is 2.14. The minimum Gasteiger partial charge on any atom is -0.373 e. The van der Waals surface area contributed by atoms with Crippen LogP contribution < -0.4 is 10.2 Å². The number of nitrogens with one attached hydrogen (secondary N) is 1. The summed E-state index contributed by atoms with van der Waals surface area (Å²) in [5.74, 6) is 0. The third-order valence-corrected chi connectivity index (χ3v) is 4.36. The number of hydrogen-bond donors (Lipinski definition) is 1. The van der Waals surface area contributed by atoms with E-state index in [1.165, 1.54) is 41.5 Å². The SMILES string of the molecule is Cc1ccc(N(C)CC2CCCCN2)cc1Br. The molecule has 1 heterocycles. The summed E-state index contributed by atoms with van der Waals surface area (Å²) in [7, 11) is 2.17. The number of nitrogens with zero attached hydrogens (tertiary/aromatic N) is 1. The third-order valence-electron chi connectivity index (χ3n) is 3.50. The summed E-state index contributed by atoms with van der Waals surface area (Å²) in [6.45, 7) is 4.39. The molecule has 0 aromatic heterocycles. The first-order chi connectivity index (χ1) is 8.16.